The first kappa shape index (κ1) is 12.2. The number of hydrogen-bond acceptors (Lipinski definition) is 3. The fourth-order valence-electron chi connectivity index (χ4n) is 2.81. The molecule has 1 unspecified atom stereocenters. The first-order valence-electron chi connectivity index (χ1n) is 6.71. The zero-order valence-corrected chi connectivity index (χ0v) is 11.5. The number of aromatic nitrogens is 2. The third-order valence-corrected chi connectivity index (χ3v) is 4.07. The van der Waals surface area contributed by atoms with Crippen LogP contribution in [0.15, 0.2) is 30.5 Å². The van der Waals surface area contributed by atoms with Gasteiger partial charge in [-0.1, -0.05) is 24.3 Å². The Kier molecular flexibility index (Phi) is 3.03. The van der Waals surface area contributed by atoms with Crippen LogP contribution in [0.4, 0.5) is 5.82 Å². The van der Waals surface area contributed by atoms with Crippen molar-refractivity contribution in [3.8, 4) is 11.1 Å². The second kappa shape index (κ2) is 4.70. The molecule has 0 aliphatic carbocycles. The number of aryl methyl sites for hydroxylation is 1. The van der Waals surface area contributed by atoms with Crippen LogP contribution in [0.2, 0.25) is 0 Å². The number of likely N-dealkylation sites (tertiary alicyclic amines) is 1. The highest BCUT2D eigenvalue weighted by Crippen LogP contribution is 2.30. The molecule has 1 aromatic carbocycles. The molecule has 2 N–H and O–H groups in total. The van der Waals surface area contributed by atoms with Gasteiger partial charge in [0, 0.05) is 19.2 Å². The lowest BCUT2D eigenvalue weighted by atomic mass is 9.96. The van der Waals surface area contributed by atoms with Crippen LogP contribution in [0.5, 0.6) is 0 Å². The Morgan fingerprint density at radius 2 is 1.95 bits per heavy atom. The molecule has 4 nitrogen and oxygen atoms in total. The molecule has 1 aromatic heterocycles. The normalized spacial score (nSPS) is 20.0. The molecule has 0 amide bonds. The minimum absolute atomic E-state index is 0.672. The van der Waals surface area contributed by atoms with E-state index in [-0.39, 0.29) is 0 Å². The van der Waals surface area contributed by atoms with E-state index in [0.717, 1.165) is 17.7 Å². The second-order valence-corrected chi connectivity index (χ2v) is 5.44. The van der Waals surface area contributed by atoms with Gasteiger partial charge in [0.05, 0.1) is 6.20 Å². The molecule has 0 saturated carbocycles. The predicted octanol–water partition coefficient (Wildman–Crippen LogP) is 2.09. The van der Waals surface area contributed by atoms with Crippen molar-refractivity contribution in [1.82, 2.24) is 14.7 Å². The van der Waals surface area contributed by atoms with E-state index in [9.17, 15) is 0 Å². The summed E-state index contributed by atoms with van der Waals surface area (Å²) in [4.78, 5) is 2.39. The third kappa shape index (κ3) is 2.24. The predicted molar refractivity (Wildman–Crippen MR) is 77.9 cm³/mol. The van der Waals surface area contributed by atoms with Gasteiger partial charge >= 0.3 is 0 Å². The Morgan fingerprint density at radius 3 is 2.47 bits per heavy atom. The summed E-state index contributed by atoms with van der Waals surface area (Å²) in [5, 5.41) is 4.19. The quantitative estimate of drug-likeness (QED) is 0.895. The molecule has 2 heterocycles. The third-order valence-electron chi connectivity index (χ3n) is 4.07. The maximum absolute atomic E-state index is 6.01. The molecule has 19 heavy (non-hydrogen) atoms. The summed E-state index contributed by atoms with van der Waals surface area (Å²) in [5.41, 5.74) is 9.58. The monoisotopic (exact) mass is 256 g/mol. The van der Waals surface area contributed by atoms with E-state index in [1.54, 1.807) is 4.68 Å². The summed E-state index contributed by atoms with van der Waals surface area (Å²) >= 11 is 0. The largest absolute Gasteiger partial charge is 0.383 e. The zero-order valence-electron chi connectivity index (χ0n) is 11.5. The van der Waals surface area contributed by atoms with Gasteiger partial charge in [-0.25, -0.2) is 0 Å². The van der Waals surface area contributed by atoms with Crippen molar-refractivity contribution < 1.29 is 0 Å². The molecule has 3 rings (SSSR count). The summed E-state index contributed by atoms with van der Waals surface area (Å²) in [5.74, 6) is 1.39. The number of likely N-dealkylation sites (N-methyl/N-ethyl adjacent to an activating group) is 1. The molecule has 1 aliphatic heterocycles. The van der Waals surface area contributed by atoms with Crippen molar-refractivity contribution in [3.05, 3.63) is 36.0 Å². The lowest BCUT2D eigenvalue weighted by molar-refractivity contribution is 0.411. The number of anilines is 1. The molecule has 1 saturated heterocycles. The number of nitrogens with zero attached hydrogens (tertiary/aromatic N) is 3. The molecule has 1 fully saturated rings. The Morgan fingerprint density at radius 1 is 1.21 bits per heavy atom. The molecule has 100 valence electrons. The van der Waals surface area contributed by atoms with E-state index >= 15 is 0 Å². The average Bonchev–Trinajstić information content (AvgIpc) is 2.98. The summed E-state index contributed by atoms with van der Waals surface area (Å²) in [6.45, 7) is 2.36. The minimum atomic E-state index is 0.672. The van der Waals surface area contributed by atoms with E-state index in [1.165, 1.54) is 18.5 Å². The van der Waals surface area contributed by atoms with E-state index in [2.05, 4.69) is 41.3 Å². The van der Waals surface area contributed by atoms with Gasteiger partial charge in [-0.3, -0.25) is 4.68 Å². The molecular weight excluding hydrogens is 236 g/mol. The first-order valence-corrected chi connectivity index (χ1v) is 6.71. The smallest absolute Gasteiger partial charge is 0.129 e. The van der Waals surface area contributed by atoms with Gasteiger partial charge in [0.15, 0.2) is 0 Å². The second-order valence-electron chi connectivity index (χ2n) is 5.44. The fourth-order valence-corrected chi connectivity index (χ4v) is 2.81. The number of nitrogens with two attached hydrogens (primary N) is 1. The van der Waals surface area contributed by atoms with E-state index in [4.69, 9.17) is 5.73 Å². The molecule has 4 heteroatoms. The van der Waals surface area contributed by atoms with Crippen LogP contribution in [0.3, 0.4) is 0 Å². The Balaban J connectivity index is 1.85. The van der Waals surface area contributed by atoms with Crippen molar-refractivity contribution >= 4 is 5.82 Å². The number of hydrogen-bond donors (Lipinski definition) is 1. The topological polar surface area (TPSA) is 47.1 Å². The molecule has 1 aliphatic rings. The van der Waals surface area contributed by atoms with Gasteiger partial charge in [0.2, 0.25) is 0 Å². The fraction of sp³-hybridized carbons (Fsp3) is 0.400. The van der Waals surface area contributed by atoms with Crippen molar-refractivity contribution in [1.29, 1.82) is 0 Å². The van der Waals surface area contributed by atoms with Crippen LogP contribution in [0.1, 0.15) is 17.9 Å². The standard InChI is InChI=1S/C15H20N4/c1-18-8-7-13(10-18)11-3-5-12(6-4-11)14-9-17-19(2)15(14)16/h3-6,9,13H,7-8,10,16H2,1-2H3. The van der Waals surface area contributed by atoms with Crippen LogP contribution in [0.25, 0.3) is 11.1 Å². The molecule has 0 spiro atoms. The Hall–Kier alpha value is -1.81. The van der Waals surface area contributed by atoms with Crippen LogP contribution < -0.4 is 5.73 Å². The van der Waals surface area contributed by atoms with E-state index in [0.29, 0.717) is 11.7 Å². The van der Waals surface area contributed by atoms with Crippen molar-refractivity contribution in [2.24, 2.45) is 7.05 Å². The molecular formula is C15H20N4. The van der Waals surface area contributed by atoms with Crippen LogP contribution in [0, 0.1) is 0 Å². The van der Waals surface area contributed by atoms with Gasteiger partial charge in [0.25, 0.3) is 0 Å². The summed E-state index contributed by atoms with van der Waals surface area (Å²) < 4.78 is 1.70. The first-order chi connectivity index (χ1) is 9.15. The maximum atomic E-state index is 6.01. The SMILES string of the molecule is CN1CCC(c2ccc(-c3cnn(C)c3N)cc2)C1. The van der Waals surface area contributed by atoms with Crippen molar-refractivity contribution in [2.45, 2.75) is 12.3 Å². The van der Waals surface area contributed by atoms with Crippen molar-refractivity contribution in [3.63, 3.8) is 0 Å². The van der Waals surface area contributed by atoms with Crippen molar-refractivity contribution in [2.75, 3.05) is 25.9 Å². The summed E-state index contributed by atoms with van der Waals surface area (Å²) in [6, 6.07) is 8.76. The molecule has 0 bridgehead atoms. The molecule has 2 aromatic rings. The van der Waals surface area contributed by atoms with Gasteiger partial charge in [-0.15, -0.1) is 0 Å². The van der Waals surface area contributed by atoms with E-state index < -0.39 is 0 Å². The molecule has 0 radical (unpaired) electrons. The van der Waals surface area contributed by atoms with Crippen LogP contribution in [-0.2, 0) is 7.05 Å². The average molecular weight is 256 g/mol. The maximum Gasteiger partial charge on any atom is 0.129 e. The van der Waals surface area contributed by atoms with Crippen LogP contribution in [-0.4, -0.2) is 34.8 Å². The highest BCUT2D eigenvalue weighted by molar-refractivity contribution is 5.73. The minimum Gasteiger partial charge on any atom is -0.383 e. The highest BCUT2D eigenvalue weighted by atomic mass is 15.3. The number of rotatable bonds is 2. The Bertz CT molecular complexity index is 570. The van der Waals surface area contributed by atoms with Gasteiger partial charge < -0.3 is 10.6 Å². The zero-order chi connectivity index (χ0) is 13.4. The number of benzene rings is 1. The van der Waals surface area contributed by atoms with Gasteiger partial charge in [-0.2, -0.15) is 5.10 Å². The summed E-state index contributed by atoms with van der Waals surface area (Å²) in [6.07, 6.45) is 3.08. The Labute approximate surface area is 113 Å². The molecule has 1 atom stereocenters. The number of nitrogen functional groups attached to an aromatic ring is 1. The van der Waals surface area contributed by atoms with E-state index in [1.807, 2.05) is 13.2 Å². The van der Waals surface area contributed by atoms with Gasteiger partial charge in [0.1, 0.15) is 5.82 Å². The lowest BCUT2D eigenvalue weighted by Crippen LogP contribution is -2.13. The van der Waals surface area contributed by atoms with Crippen LogP contribution >= 0.6 is 0 Å². The lowest BCUT2D eigenvalue weighted by Gasteiger charge is -2.11. The highest BCUT2D eigenvalue weighted by Gasteiger charge is 2.20. The summed E-state index contributed by atoms with van der Waals surface area (Å²) in [7, 11) is 4.05. The van der Waals surface area contributed by atoms with Gasteiger partial charge in [-0.05, 0) is 37.1 Å².